The summed E-state index contributed by atoms with van der Waals surface area (Å²) in [7, 11) is 2.16. The summed E-state index contributed by atoms with van der Waals surface area (Å²) < 4.78 is 0. The van der Waals surface area contributed by atoms with Crippen molar-refractivity contribution >= 4 is 23.6 Å². The molecule has 2 aliphatic heterocycles. The van der Waals surface area contributed by atoms with Crippen LogP contribution in [0.15, 0.2) is 36.4 Å². The Hall–Kier alpha value is -2.82. The third-order valence-electron chi connectivity index (χ3n) is 7.72. The highest BCUT2D eigenvalue weighted by Crippen LogP contribution is 2.38. The van der Waals surface area contributed by atoms with Crippen LogP contribution < -0.4 is 9.80 Å². The van der Waals surface area contributed by atoms with Crippen molar-refractivity contribution in [3.63, 3.8) is 0 Å². The van der Waals surface area contributed by atoms with Gasteiger partial charge >= 0.3 is 0 Å². The van der Waals surface area contributed by atoms with Gasteiger partial charge in [-0.3, -0.25) is 9.59 Å². The van der Waals surface area contributed by atoms with Gasteiger partial charge in [0.2, 0.25) is 5.91 Å². The summed E-state index contributed by atoms with van der Waals surface area (Å²) in [5.74, 6) is 0.587. The number of piperidine rings is 1. The van der Waals surface area contributed by atoms with E-state index in [0.717, 1.165) is 70.1 Å². The van der Waals surface area contributed by atoms with Gasteiger partial charge in [-0.25, -0.2) is 0 Å². The van der Waals surface area contributed by atoms with Crippen LogP contribution in [-0.4, -0.2) is 56.4 Å². The zero-order chi connectivity index (χ0) is 28.9. The molecular formula is C34H53N3O2. The second-order valence-corrected chi connectivity index (χ2v) is 10.8. The maximum Gasteiger partial charge on any atom is 0.219 e. The summed E-state index contributed by atoms with van der Waals surface area (Å²) in [6.07, 6.45) is 7.44. The molecule has 0 aliphatic carbocycles. The number of aldehydes is 1. The van der Waals surface area contributed by atoms with E-state index in [1.54, 1.807) is 6.92 Å². The first-order chi connectivity index (χ1) is 18.8. The number of hydrogen-bond acceptors (Lipinski definition) is 4. The molecule has 2 heterocycles. The van der Waals surface area contributed by atoms with Crippen LogP contribution in [-0.2, 0) is 11.2 Å². The van der Waals surface area contributed by atoms with Gasteiger partial charge in [-0.1, -0.05) is 71.7 Å². The summed E-state index contributed by atoms with van der Waals surface area (Å²) in [5.41, 5.74) is 7.34. The van der Waals surface area contributed by atoms with E-state index >= 15 is 0 Å². The Morgan fingerprint density at radius 1 is 0.949 bits per heavy atom. The van der Waals surface area contributed by atoms with Crippen LogP contribution in [0.3, 0.4) is 0 Å². The van der Waals surface area contributed by atoms with Gasteiger partial charge in [-0.15, -0.1) is 0 Å². The molecule has 0 N–H and O–H groups in total. The first-order valence-corrected chi connectivity index (χ1v) is 15.2. The summed E-state index contributed by atoms with van der Waals surface area (Å²) in [4.78, 5) is 30.4. The highest BCUT2D eigenvalue weighted by atomic mass is 16.2. The normalized spacial score (nSPS) is 17.5. The van der Waals surface area contributed by atoms with E-state index in [9.17, 15) is 9.59 Å². The third kappa shape index (κ3) is 8.58. The molecule has 216 valence electrons. The molecule has 2 aromatic rings. The van der Waals surface area contributed by atoms with Gasteiger partial charge in [0.15, 0.2) is 0 Å². The van der Waals surface area contributed by atoms with E-state index in [1.165, 1.54) is 34.5 Å². The monoisotopic (exact) mass is 535 g/mol. The topological polar surface area (TPSA) is 43.9 Å². The minimum absolute atomic E-state index is 0.181. The summed E-state index contributed by atoms with van der Waals surface area (Å²) >= 11 is 0. The number of nitrogens with zero attached hydrogens (tertiary/aromatic N) is 3. The standard InChI is InChI=1S/C29H39N3O2.C3H8.C2H6/c1-5-6-24-19-25-9-7-21(2)17-28(25)32(26-11-13-31(14-12-26)22(3)34)16-15-30(4)29-18-23(20-33)8-10-27(24)29;1-3-2;1-2/h7-10,17-18,20,24,26H,5-6,11-16,19H2,1-4H3;3H2,1-2H3;1-2H3. The minimum Gasteiger partial charge on any atom is -0.373 e. The number of anilines is 2. The first-order valence-electron chi connectivity index (χ1n) is 15.2. The molecule has 1 unspecified atom stereocenters. The molecular weight excluding hydrogens is 482 g/mol. The molecule has 0 saturated carbocycles. The second kappa shape index (κ2) is 16.3. The number of amides is 1. The van der Waals surface area contributed by atoms with E-state index in [0.29, 0.717) is 12.0 Å². The molecule has 0 radical (unpaired) electrons. The molecule has 1 saturated heterocycles. The Balaban J connectivity index is 0.000000998. The van der Waals surface area contributed by atoms with Gasteiger partial charge in [-0.2, -0.15) is 0 Å². The van der Waals surface area contributed by atoms with Crippen LogP contribution in [0.1, 0.15) is 107 Å². The van der Waals surface area contributed by atoms with Crippen molar-refractivity contribution in [2.24, 2.45) is 0 Å². The maximum absolute atomic E-state index is 11.9. The van der Waals surface area contributed by atoms with Gasteiger partial charge in [0.25, 0.3) is 0 Å². The van der Waals surface area contributed by atoms with Crippen molar-refractivity contribution in [1.29, 1.82) is 0 Å². The van der Waals surface area contributed by atoms with Gasteiger partial charge in [-0.05, 0) is 67.3 Å². The van der Waals surface area contributed by atoms with Crippen molar-refractivity contribution in [3.05, 3.63) is 58.7 Å². The van der Waals surface area contributed by atoms with Gasteiger partial charge < -0.3 is 14.7 Å². The Morgan fingerprint density at radius 3 is 2.21 bits per heavy atom. The van der Waals surface area contributed by atoms with Crippen LogP contribution in [0, 0.1) is 6.92 Å². The molecule has 1 amide bonds. The Labute approximate surface area is 238 Å². The molecule has 0 bridgehead atoms. The van der Waals surface area contributed by atoms with Crippen molar-refractivity contribution in [3.8, 4) is 0 Å². The van der Waals surface area contributed by atoms with Crippen LogP contribution in [0.4, 0.5) is 11.4 Å². The molecule has 5 heteroatoms. The fourth-order valence-corrected chi connectivity index (χ4v) is 5.78. The quantitative estimate of drug-likeness (QED) is 0.377. The molecule has 4 rings (SSSR count). The van der Waals surface area contributed by atoms with Gasteiger partial charge in [0.1, 0.15) is 6.29 Å². The van der Waals surface area contributed by atoms with E-state index in [1.807, 2.05) is 24.8 Å². The fraction of sp³-hybridized carbons (Fsp3) is 0.588. The smallest absolute Gasteiger partial charge is 0.219 e. The van der Waals surface area contributed by atoms with Crippen molar-refractivity contribution in [1.82, 2.24) is 4.90 Å². The van der Waals surface area contributed by atoms with E-state index in [-0.39, 0.29) is 5.91 Å². The Kier molecular flexibility index (Phi) is 13.6. The lowest BCUT2D eigenvalue weighted by molar-refractivity contribution is -0.129. The lowest BCUT2D eigenvalue weighted by Gasteiger charge is -2.42. The van der Waals surface area contributed by atoms with Crippen molar-refractivity contribution < 1.29 is 9.59 Å². The molecule has 39 heavy (non-hydrogen) atoms. The van der Waals surface area contributed by atoms with Crippen LogP contribution in [0.5, 0.6) is 0 Å². The number of aryl methyl sites for hydroxylation is 1. The number of hydrogen-bond donors (Lipinski definition) is 0. The third-order valence-corrected chi connectivity index (χ3v) is 7.72. The summed E-state index contributed by atoms with van der Waals surface area (Å²) in [5, 5.41) is 0. The zero-order valence-corrected chi connectivity index (χ0v) is 25.9. The first kappa shape index (κ1) is 32.4. The average Bonchev–Trinajstić information content (AvgIpc) is 2.95. The zero-order valence-electron chi connectivity index (χ0n) is 25.9. The fourth-order valence-electron chi connectivity index (χ4n) is 5.78. The number of carbonyl (C=O) groups excluding carboxylic acids is 2. The SMILES string of the molecule is CC.CCC.CCCC1Cc2ccc(C)cc2N(C2CCN(C(C)=O)CC2)CCN(C)c2cc(C=O)ccc21. The summed E-state index contributed by atoms with van der Waals surface area (Å²) in [6, 6.07) is 13.6. The minimum atomic E-state index is 0.181. The number of benzene rings is 2. The molecule has 1 fully saturated rings. The molecule has 0 aromatic heterocycles. The summed E-state index contributed by atoms with van der Waals surface area (Å²) in [6.45, 7) is 17.8. The number of carbonyl (C=O) groups is 2. The lowest BCUT2D eigenvalue weighted by atomic mass is 9.85. The highest BCUT2D eigenvalue weighted by molar-refractivity contribution is 5.78. The number of likely N-dealkylation sites (tertiary alicyclic amines) is 1. The number of rotatable bonds is 4. The predicted molar refractivity (Wildman–Crippen MR) is 168 cm³/mol. The van der Waals surface area contributed by atoms with E-state index < -0.39 is 0 Å². The van der Waals surface area contributed by atoms with Crippen molar-refractivity contribution in [2.75, 3.05) is 43.0 Å². The number of fused-ring (bicyclic) bond motifs is 2. The molecule has 2 aliphatic rings. The van der Waals surface area contributed by atoms with Crippen LogP contribution >= 0.6 is 0 Å². The molecule has 1 atom stereocenters. The van der Waals surface area contributed by atoms with E-state index in [2.05, 4.69) is 74.9 Å². The second-order valence-electron chi connectivity index (χ2n) is 10.8. The van der Waals surface area contributed by atoms with E-state index in [4.69, 9.17) is 0 Å². The maximum atomic E-state index is 11.9. The predicted octanol–water partition coefficient (Wildman–Crippen LogP) is 7.64. The molecule has 0 spiro atoms. The Morgan fingerprint density at radius 2 is 1.62 bits per heavy atom. The van der Waals surface area contributed by atoms with Crippen molar-refractivity contribution in [2.45, 2.75) is 99.0 Å². The molecule has 5 nitrogen and oxygen atoms in total. The number of likely N-dealkylation sites (N-methyl/N-ethyl adjacent to an activating group) is 1. The van der Waals surface area contributed by atoms with Gasteiger partial charge in [0.05, 0.1) is 0 Å². The van der Waals surface area contributed by atoms with Crippen LogP contribution in [0.25, 0.3) is 0 Å². The lowest BCUT2D eigenvalue weighted by Crippen LogP contribution is -2.48. The molecule has 2 aromatic carbocycles. The largest absolute Gasteiger partial charge is 0.373 e. The highest BCUT2D eigenvalue weighted by Gasteiger charge is 2.29. The Bertz CT molecular complexity index is 1040. The van der Waals surface area contributed by atoms with Crippen LogP contribution in [0.2, 0.25) is 0 Å². The average molecular weight is 536 g/mol. The van der Waals surface area contributed by atoms with Gasteiger partial charge in [0, 0.05) is 63.1 Å².